The third-order valence-corrected chi connectivity index (χ3v) is 7.62. The number of ether oxygens (including phenoxy) is 1. The highest BCUT2D eigenvalue weighted by atomic mass is 16.5. The molecule has 0 amide bonds. The van der Waals surface area contributed by atoms with E-state index in [2.05, 4.69) is 0 Å². The van der Waals surface area contributed by atoms with E-state index in [9.17, 15) is 0 Å². The van der Waals surface area contributed by atoms with Gasteiger partial charge in [0.15, 0.2) is 5.84 Å². The van der Waals surface area contributed by atoms with Crippen molar-refractivity contribution in [3.63, 3.8) is 0 Å². The molecular formula is C37H27N9O. The lowest BCUT2D eigenvalue weighted by molar-refractivity contribution is 0.414. The third kappa shape index (κ3) is 5.23. The number of amidine groups is 1. The van der Waals surface area contributed by atoms with Gasteiger partial charge >= 0.3 is 0 Å². The van der Waals surface area contributed by atoms with Crippen molar-refractivity contribution in [1.29, 1.82) is 0 Å². The summed E-state index contributed by atoms with van der Waals surface area (Å²) in [6, 6.07) is 47.5. The minimum atomic E-state index is 0.338. The van der Waals surface area contributed by atoms with E-state index < -0.39 is 0 Å². The molecule has 0 radical (unpaired) electrons. The molecule has 0 aromatic heterocycles. The SMILES string of the molecule is COc1ccccc1C1=NC2=NC(N(c3ccccc3)c3ccccc3)=NC3=NC(N(c4ccccc4)c4ccccc4)=NC(=N1)N23. The summed E-state index contributed by atoms with van der Waals surface area (Å²) in [5.41, 5.74) is 4.24. The minimum Gasteiger partial charge on any atom is -0.496 e. The Balaban J connectivity index is 1.36. The van der Waals surface area contributed by atoms with E-state index in [0.717, 1.165) is 22.7 Å². The van der Waals surface area contributed by atoms with E-state index in [-0.39, 0.29) is 0 Å². The number of rotatable bonds is 6. The Kier molecular flexibility index (Phi) is 7.12. The first-order valence-corrected chi connectivity index (χ1v) is 15.0. The molecule has 3 heterocycles. The van der Waals surface area contributed by atoms with E-state index >= 15 is 0 Å². The fourth-order valence-corrected chi connectivity index (χ4v) is 5.48. The van der Waals surface area contributed by atoms with Gasteiger partial charge in [-0.2, -0.15) is 30.0 Å². The molecule has 3 aliphatic rings. The molecule has 3 aliphatic heterocycles. The number of guanidine groups is 5. The highest BCUT2D eigenvalue weighted by molar-refractivity contribution is 6.34. The largest absolute Gasteiger partial charge is 0.496 e. The number of benzene rings is 5. The fourth-order valence-electron chi connectivity index (χ4n) is 5.48. The van der Waals surface area contributed by atoms with Crippen LogP contribution in [0.4, 0.5) is 22.7 Å². The molecule has 0 saturated heterocycles. The van der Waals surface area contributed by atoms with Crippen LogP contribution in [-0.2, 0) is 0 Å². The number of para-hydroxylation sites is 5. The molecule has 47 heavy (non-hydrogen) atoms. The monoisotopic (exact) mass is 613 g/mol. The van der Waals surface area contributed by atoms with Crippen molar-refractivity contribution in [3.05, 3.63) is 151 Å². The average molecular weight is 614 g/mol. The van der Waals surface area contributed by atoms with Crippen molar-refractivity contribution in [3.8, 4) is 5.75 Å². The molecular weight excluding hydrogens is 586 g/mol. The van der Waals surface area contributed by atoms with E-state index in [0.29, 0.717) is 46.9 Å². The lowest BCUT2D eigenvalue weighted by atomic mass is 10.2. The highest BCUT2D eigenvalue weighted by Crippen LogP contribution is 2.32. The predicted molar refractivity (Wildman–Crippen MR) is 189 cm³/mol. The number of hydrogen-bond acceptors (Lipinski definition) is 10. The Hall–Kier alpha value is -6.68. The summed E-state index contributed by atoms with van der Waals surface area (Å²) in [5.74, 6) is 2.84. The minimum absolute atomic E-state index is 0.338. The van der Waals surface area contributed by atoms with Gasteiger partial charge in [-0.3, -0.25) is 9.80 Å². The smallest absolute Gasteiger partial charge is 0.246 e. The lowest BCUT2D eigenvalue weighted by Crippen LogP contribution is -2.50. The van der Waals surface area contributed by atoms with Crippen LogP contribution in [0.2, 0.25) is 0 Å². The molecule has 0 atom stereocenters. The quantitative estimate of drug-likeness (QED) is 0.202. The molecule has 8 rings (SSSR count). The molecule has 5 aromatic rings. The standard InChI is InChI=1S/C37H27N9O/c1-47-31-25-15-14-24-30(31)32-38-33-40-35(44(26-16-6-2-7-17-26)27-18-8-3-9-19-27)42-37-43-36(41-34(39-32)46(33)37)45(28-20-10-4-11-21-28)29-22-12-5-13-23-29/h2-25H,1H3. The number of aliphatic imine (C=N–C) groups is 6. The van der Waals surface area contributed by atoms with Crippen LogP contribution in [0.3, 0.4) is 0 Å². The van der Waals surface area contributed by atoms with Crippen molar-refractivity contribution >= 4 is 58.4 Å². The first kappa shape index (κ1) is 27.8. The molecule has 0 unspecified atom stereocenters. The summed E-state index contributed by atoms with van der Waals surface area (Å²) < 4.78 is 5.69. The van der Waals surface area contributed by atoms with Crippen molar-refractivity contribution < 1.29 is 4.74 Å². The van der Waals surface area contributed by atoms with Gasteiger partial charge in [0, 0.05) is 22.7 Å². The maximum absolute atomic E-state index is 5.69. The zero-order valence-electron chi connectivity index (χ0n) is 25.3. The van der Waals surface area contributed by atoms with Gasteiger partial charge in [0.1, 0.15) is 5.75 Å². The normalized spacial score (nSPS) is 14.8. The Morgan fingerprint density at radius 1 is 0.426 bits per heavy atom. The first-order valence-electron chi connectivity index (χ1n) is 15.0. The number of hydrogen-bond donors (Lipinski definition) is 0. The third-order valence-electron chi connectivity index (χ3n) is 7.62. The zero-order valence-corrected chi connectivity index (χ0v) is 25.3. The van der Waals surface area contributed by atoms with Gasteiger partial charge < -0.3 is 4.74 Å². The van der Waals surface area contributed by atoms with Crippen LogP contribution < -0.4 is 14.5 Å². The first-order chi connectivity index (χ1) is 23.3. The Morgan fingerprint density at radius 2 is 0.809 bits per heavy atom. The molecule has 0 N–H and O–H groups in total. The number of nitrogens with zero attached hydrogens (tertiary/aromatic N) is 9. The molecule has 0 aliphatic carbocycles. The van der Waals surface area contributed by atoms with E-state index in [1.807, 2.05) is 155 Å². The van der Waals surface area contributed by atoms with Gasteiger partial charge in [-0.25, -0.2) is 4.90 Å². The topological polar surface area (TPSA) is 93.1 Å². The maximum Gasteiger partial charge on any atom is 0.246 e. The van der Waals surface area contributed by atoms with Crippen LogP contribution in [0, 0.1) is 0 Å². The van der Waals surface area contributed by atoms with Crippen LogP contribution in [0.15, 0.2) is 176 Å². The summed E-state index contributed by atoms with van der Waals surface area (Å²) in [4.78, 5) is 35.6. The van der Waals surface area contributed by atoms with Gasteiger partial charge in [0.2, 0.25) is 29.8 Å². The van der Waals surface area contributed by atoms with Crippen LogP contribution in [0.5, 0.6) is 5.75 Å². The van der Waals surface area contributed by atoms with Gasteiger partial charge in [-0.05, 0) is 60.7 Å². The summed E-state index contributed by atoms with van der Waals surface area (Å²) in [5, 5.41) is 0. The summed E-state index contributed by atoms with van der Waals surface area (Å²) in [7, 11) is 1.63. The van der Waals surface area contributed by atoms with E-state index in [1.54, 1.807) is 12.0 Å². The molecule has 0 fully saturated rings. The van der Waals surface area contributed by atoms with Gasteiger partial charge in [-0.1, -0.05) is 84.9 Å². The second-order valence-corrected chi connectivity index (χ2v) is 10.5. The maximum atomic E-state index is 5.69. The second kappa shape index (κ2) is 12.0. The van der Waals surface area contributed by atoms with Crippen LogP contribution in [-0.4, -0.2) is 47.6 Å². The number of methoxy groups -OCH3 is 1. The molecule has 0 bridgehead atoms. The number of anilines is 4. The van der Waals surface area contributed by atoms with Crippen LogP contribution >= 0.6 is 0 Å². The van der Waals surface area contributed by atoms with Gasteiger partial charge in [-0.15, -0.1) is 0 Å². The lowest BCUT2D eigenvalue weighted by Gasteiger charge is -2.34. The highest BCUT2D eigenvalue weighted by Gasteiger charge is 2.38. The van der Waals surface area contributed by atoms with Crippen molar-refractivity contribution in [2.75, 3.05) is 16.9 Å². The van der Waals surface area contributed by atoms with Crippen LogP contribution in [0.1, 0.15) is 5.56 Å². The summed E-state index contributed by atoms with van der Waals surface area (Å²) >= 11 is 0. The zero-order chi connectivity index (χ0) is 31.6. The van der Waals surface area contributed by atoms with Crippen LogP contribution in [0.25, 0.3) is 0 Å². The van der Waals surface area contributed by atoms with Gasteiger partial charge in [0.25, 0.3) is 0 Å². The molecule has 0 spiro atoms. The molecule has 5 aromatic carbocycles. The Bertz CT molecular complexity index is 1960. The molecule has 10 heteroatoms. The predicted octanol–water partition coefficient (Wildman–Crippen LogP) is 7.24. The second-order valence-electron chi connectivity index (χ2n) is 10.5. The Morgan fingerprint density at radius 3 is 1.26 bits per heavy atom. The van der Waals surface area contributed by atoms with Gasteiger partial charge in [0.05, 0.1) is 12.7 Å². The average Bonchev–Trinajstić information content (AvgIpc) is 3.13. The van der Waals surface area contributed by atoms with Crippen molar-refractivity contribution in [2.24, 2.45) is 30.0 Å². The Labute approximate surface area is 271 Å². The molecule has 10 nitrogen and oxygen atoms in total. The fraction of sp³-hybridized carbons (Fsp3) is 0.0270. The van der Waals surface area contributed by atoms with Crippen molar-refractivity contribution in [1.82, 2.24) is 4.90 Å². The van der Waals surface area contributed by atoms with E-state index in [4.69, 9.17) is 34.7 Å². The molecule has 0 saturated carbocycles. The summed E-state index contributed by atoms with van der Waals surface area (Å²) in [6.07, 6.45) is 0. The van der Waals surface area contributed by atoms with Crippen molar-refractivity contribution in [2.45, 2.75) is 0 Å². The summed E-state index contributed by atoms with van der Waals surface area (Å²) in [6.45, 7) is 0. The molecule has 226 valence electrons. The van der Waals surface area contributed by atoms with E-state index in [1.165, 1.54) is 0 Å².